The third-order valence-electron chi connectivity index (χ3n) is 5.57. The summed E-state index contributed by atoms with van der Waals surface area (Å²) in [5.41, 5.74) is 3.95. The van der Waals surface area contributed by atoms with Crippen LogP contribution in [-0.4, -0.2) is 28.8 Å². The maximum absolute atomic E-state index is 13.7. The van der Waals surface area contributed by atoms with Gasteiger partial charge < -0.3 is 10.2 Å². The van der Waals surface area contributed by atoms with Crippen molar-refractivity contribution >= 4 is 23.4 Å². The molecule has 4 nitrogen and oxygen atoms in total. The Morgan fingerprint density at radius 2 is 1.52 bits per heavy atom. The molecular formula is C28H31ClN2O2. The van der Waals surface area contributed by atoms with Crippen LogP contribution in [0.25, 0.3) is 0 Å². The van der Waals surface area contributed by atoms with Crippen molar-refractivity contribution in [3.8, 4) is 0 Å². The van der Waals surface area contributed by atoms with Crippen molar-refractivity contribution in [3.05, 3.63) is 106 Å². The molecule has 0 aliphatic rings. The third kappa shape index (κ3) is 7.19. The Balaban J connectivity index is 1.97. The summed E-state index contributed by atoms with van der Waals surface area (Å²) in [4.78, 5) is 28.7. The van der Waals surface area contributed by atoms with Gasteiger partial charge in [0.25, 0.3) is 0 Å². The second-order valence-corrected chi connectivity index (χ2v) is 9.06. The van der Waals surface area contributed by atoms with Gasteiger partial charge in [-0.25, -0.2) is 0 Å². The molecule has 2 amide bonds. The van der Waals surface area contributed by atoms with Crippen LogP contribution in [0.2, 0.25) is 5.02 Å². The van der Waals surface area contributed by atoms with Gasteiger partial charge in [-0.05, 0) is 55.2 Å². The van der Waals surface area contributed by atoms with Gasteiger partial charge in [0.2, 0.25) is 11.8 Å². The largest absolute Gasteiger partial charge is 0.352 e. The summed E-state index contributed by atoms with van der Waals surface area (Å²) in [6.07, 6.45) is 0.674. The lowest BCUT2D eigenvalue weighted by Gasteiger charge is -2.32. The van der Waals surface area contributed by atoms with Crippen molar-refractivity contribution in [1.82, 2.24) is 10.2 Å². The quantitative estimate of drug-likeness (QED) is 0.465. The molecule has 0 spiro atoms. The average Bonchev–Trinajstić information content (AvgIpc) is 2.79. The minimum Gasteiger partial charge on any atom is -0.352 e. The smallest absolute Gasteiger partial charge is 0.243 e. The Bertz CT molecular complexity index is 1060. The summed E-state index contributed by atoms with van der Waals surface area (Å²) >= 11 is 6.07. The molecule has 3 aromatic rings. The number of carbonyl (C=O) groups excluding carboxylic acids is 2. The number of nitrogens with one attached hydrogen (secondary N) is 1. The first-order valence-electron chi connectivity index (χ1n) is 11.3. The Morgan fingerprint density at radius 3 is 2.15 bits per heavy atom. The van der Waals surface area contributed by atoms with Crippen LogP contribution in [0.1, 0.15) is 36.1 Å². The summed E-state index contributed by atoms with van der Waals surface area (Å²) in [6.45, 7) is 6.18. The van der Waals surface area contributed by atoms with Gasteiger partial charge in [0.1, 0.15) is 6.04 Å². The molecule has 0 aliphatic carbocycles. The maximum Gasteiger partial charge on any atom is 0.243 e. The zero-order chi connectivity index (χ0) is 23.8. The molecule has 3 aromatic carbocycles. The predicted molar refractivity (Wildman–Crippen MR) is 134 cm³/mol. The van der Waals surface area contributed by atoms with Crippen LogP contribution in [0.3, 0.4) is 0 Å². The first-order valence-corrected chi connectivity index (χ1v) is 11.6. The van der Waals surface area contributed by atoms with E-state index in [1.54, 1.807) is 17.0 Å². The van der Waals surface area contributed by atoms with E-state index >= 15 is 0 Å². The number of hydrogen-bond donors (Lipinski definition) is 1. The van der Waals surface area contributed by atoms with E-state index in [4.69, 9.17) is 11.6 Å². The van der Waals surface area contributed by atoms with Crippen molar-refractivity contribution in [2.24, 2.45) is 0 Å². The van der Waals surface area contributed by atoms with Gasteiger partial charge >= 0.3 is 0 Å². The van der Waals surface area contributed by atoms with E-state index in [-0.39, 0.29) is 24.3 Å². The van der Waals surface area contributed by atoms with E-state index in [0.29, 0.717) is 18.0 Å². The van der Waals surface area contributed by atoms with Crippen LogP contribution >= 0.6 is 11.6 Å². The molecule has 0 aromatic heterocycles. The molecule has 33 heavy (non-hydrogen) atoms. The highest BCUT2D eigenvalue weighted by Crippen LogP contribution is 2.19. The molecular weight excluding hydrogens is 432 g/mol. The van der Waals surface area contributed by atoms with Crippen molar-refractivity contribution in [1.29, 1.82) is 0 Å². The lowest BCUT2D eigenvalue weighted by atomic mass is 10.00. The van der Waals surface area contributed by atoms with Gasteiger partial charge in [-0.15, -0.1) is 0 Å². The van der Waals surface area contributed by atoms with Crippen molar-refractivity contribution < 1.29 is 9.59 Å². The van der Waals surface area contributed by atoms with E-state index in [1.165, 1.54) is 0 Å². The second-order valence-electron chi connectivity index (χ2n) is 8.62. The number of aryl methyl sites for hydroxylation is 1. The average molecular weight is 463 g/mol. The Morgan fingerprint density at radius 1 is 0.879 bits per heavy atom. The highest BCUT2D eigenvalue weighted by Gasteiger charge is 2.30. The molecule has 0 unspecified atom stereocenters. The molecule has 0 heterocycles. The number of nitrogens with zero attached hydrogens (tertiary/aromatic N) is 1. The molecule has 5 heteroatoms. The minimum atomic E-state index is -0.637. The van der Waals surface area contributed by atoms with E-state index < -0.39 is 6.04 Å². The topological polar surface area (TPSA) is 49.4 Å². The van der Waals surface area contributed by atoms with Gasteiger partial charge in [0.05, 0.1) is 6.42 Å². The van der Waals surface area contributed by atoms with Gasteiger partial charge in [-0.2, -0.15) is 0 Å². The van der Waals surface area contributed by atoms with Crippen molar-refractivity contribution in [2.75, 3.05) is 0 Å². The van der Waals surface area contributed by atoms with Gasteiger partial charge in [-0.1, -0.05) is 78.3 Å². The van der Waals surface area contributed by atoms with Crippen LogP contribution in [0.4, 0.5) is 0 Å². The Labute approximate surface area is 201 Å². The standard InChI is InChI=1S/C28H31ClN2O2/c1-20(2)30-28(33)26(17-22-10-5-4-6-11-22)31(19-23-13-15-25(29)16-14-23)27(32)18-24-12-8-7-9-21(24)3/h4-16,20,26H,17-19H2,1-3H3,(H,30,33)/t26-/m1/s1. The molecule has 1 N–H and O–H groups in total. The summed E-state index contributed by atoms with van der Waals surface area (Å²) in [5.74, 6) is -0.236. The summed E-state index contributed by atoms with van der Waals surface area (Å²) < 4.78 is 0. The van der Waals surface area contributed by atoms with Gasteiger partial charge in [-0.3, -0.25) is 9.59 Å². The molecule has 0 saturated heterocycles. The zero-order valence-corrected chi connectivity index (χ0v) is 20.2. The molecule has 0 aliphatic heterocycles. The van der Waals surface area contributed by atoms with E-state index in [2.05, 4.69) is 5.32 Å². The first-order chi connectivity index (χ1) is 15.8. The second kappa shape index (κ2) is 11.7. The molecule has 0 bridgehead atoms. The van der Waals surface area contributed by atoms with E-state index in [1.807, 2.05) is 87.5 Å². The van der Waals surface area contributed by atoms with Crippen molar-refractivity contribution in [2.45, 2.75) is 52.2 Å². The number of halogens is 1. The number of benzene rings is 3. The third-order valence-corrected chi connectivity index (χ3v) is 5.82. The van der Waals surface area contributed by atoms with Crippen LogP contribution < -0.4 is 5.32 Å². The fourth-order valence-electron chi connectivity index (χ4n) is 3.79. The Kier molecular flexibility index (Phi) is 8.67. The number of rotatable bonds is 9. The number of amides is 2. The Hall–Kier alpha value is -3.11. The maximum atomic E-state index is 13.7. The van der Waals surface area contributed by atoms with E-state index in [0.717, 1.165) is 22.3 Å². The number of carbonyl (C=O) groups is 2. The molecule has 3 rings (SSSR count). The summed E-state index contributed by atoms with van der Waals surface area (Å²) in [5, 5.41) is 3.65. The molecule has 172 valence electrons. The summed E-state index contributed by atoms with van der Waals surface area (Å²) in [7, 11) is 0. The van der Waals surface area contributed by atoms with Crippen LogP contribution in [0, 0.1) is 6.92 Å². The minimum absolute atomic E-state index is 0.0281. The predicted octanol–water partition coefficient (Wildman–Crippen LogP) is 5.36. The monoisotopic (exact) mass is 462 g/mol. The van der Waals surface area contributed by atoms with Crippen LogP contribution in [0.15, 0.2) is 78.9 Å². The molecule has 0 saturated carbocycles. The molecule has 0 fully saturated rings. The van der Waals surface area contributed by atoms with Gasteiger partial charge in [0.15, 0.2) is 0 Å². The summed E-state index contributed by atoms with van der Waals surface area (Å²) in [6, 6.07) is 24.4. The highest BCUT2D eigenvalue weighted by atomic mass is 35.5. The highest BCUT2D eigenvalue weighted by molar-refractivity contribution is 6.30. The first kappa shape index (κ1) is 24.5. The number of hydrogen-bond acceptors (Lipinski definition) is 2. The molecule has 1 atom stereocenters. The van der Waals surface area contributed by atoms with Gasteiger partial charge in [0, 0.05) is 24.0 Å². The van der Waals surface area contributed by atoms with Crippen molar-refractivity contribution in [3.63, 3.8) is 0 Å². The van der Waals surface area contributed by atoms with E-state index in [9.17, 15) is 9.59 Å². The fraction of sp³-hybridized carbons (Fsp3) is 0.286. The van der Waals surface area contributed by atoms with Crippen LogP contribution in [0.5, 0.6) is 0 Å². The lowest BCUT2D eigenvalue weighted by Crippen LogP contribution is -2.52. The molecule has 0 radical (unpaired) electrons. The zero-order valence-electron chi connectivity index (χ0n) is 19.4. The normalized spacial score (nSPS) is 11.8. The lowest BCUT2D eigenvalue weighted by molar-refractivity contribution is -0.141. The SMILES string of the molecule is Cc1ccccc1CC(=O)N(Cc1ccc(Cl)cc1)[C@H](Cc1ccccc1)C(=O)NC(C)C. The fourth-order valence-corrected chi connectivity index (χ4v) is 3.92. The van der Waals surface area contributed by atoms with Crippen LogP contribution in [-0.2, 0) is 29.0 Å².